The Bertz CT molecular complexity index is 1080. The molecule has 170 valence electrons. The number of fused-ring (bicyclic) bond motifs is 1. The Morgan fingerprint density at radius 2 is 1.84 bits per heavy atom. The second kappa shape index (κ2) is 9.10. The summed E-state index contributed by atoms with van der Waals surface area (Å²) in [6.07, 6.45) is 7.09. The second-order valence-corrected chi connectivity index (χ2v) is 9.88. The minimum Gasteiger partial charge on any atom is -0.497 e. The number of hydrogen-bond acceptors (Lipinski definition) is 6. The summed E-state index contributed by atoms with van der Waals surface area (Å²) in [5.74, 6) is 1.92. The summed E-state index contributed by atoms with van der Waals surface area (Å²) < 4.78 is 8.30. The van der Waals surface area contributed by atoms with Gasteiger partial charge in [0.2, 0.25) is 5.91 Å². The summed E-state index contributed by atoms with van der Waals surface area (Å²) >= 11 is 1.69. The first-order valence-electron chi connectivity index (χ1n) is 11.7. The minimum atomic E-state index is 0.326. The molecule has 1 aromatic carbocycles. The number of amides is 1. The lowest BCUT2D eigenvalue weighted by Gasteiger charge is -2.34. The lowest BCUT2D eigenvalue weighted by atomic mass is 10.0. The Hall–Kier alpha value is -2.61. The predicted molar refractivity (Wildman–Crippen MR) is 128 cm³/mol. The molecule has 7 nitrogen and oxygen atoms in total. The van der Waals surface area contributed by atoms with Crippen molar-refractivity contribution < 1.29 is 9.53 Å². The largest absolute Gasteiger partial charge is 0.497 e. The van der Waals surface area contributed by atoms with Gasteiger partial charge in [0.15, 0.2) is 10.8 Å². The molecule has 8 heteroatoms. The van der Waals surface area contributed by atoms with Gasteiger partial charge in [-0.3, -0.25) is 4.79 Å². The average molecular weight is 454 g/mol. The normalized spacial score (nSPS) is 17.4. The van der Waals surface area contributed by atoms with Gasteiger partial charge in [0.05, 0.1) is 23.2 Å². The third kappa shape index (κ3) is 4.20. The topological polar surface area (TPSA) is 63.5 Å². The standard InChI is InChI=1S/C24H31N5O2S/c1-17-22-23(29(26-17)19-8-10-20(31-2)11-9-19)25-24(32-22)28-15-13-27(14-16-28)21(30)12-7-18-5-3-4-6-18/h8-11,18H,3-7,12-16H2,1-2H3. The number of rotatable bonds is 6. The van der Waals surface area contributed by atoms with E-state index in [2.05, 4.69) is 4.90 Å². The van der Waals surface area contributed by atoms with Gasteiger partial charge in [-0.15, -0.1) is 0 Å². The summed E-state index contributed by atoms with van der Waals surface area (Å²) in [4.78, 5) is 22.0. The smallest absolute Gasteiger partial charge is 0.222 e. The number of methoxy groups -OCH3 is 1. The highest BCUT2D eigenvalue weighted by molar-refractivity contribution is 7.22. The van der Waals surface area contributed by atoms with Gasteiger partial charge in [-0.05, 0) is 43.5 Å². The van der Waals surface area contributed by atoms with Crippen LogP contribution in [-0.2, 0) is 4.79 Å². The van der Waals surface area contributed by atoms with E-state index in [4.69, 9.17) is 14.8 Å². The summed E-state index contributed by atoms with van der Waals surface area (Å²) in [6.45, 7) is 5.26. The van der Waals surface area contributed by atoms with E-state index in [0.29, 0.717) is 12.3 Å². The number of nitrogens with zero attached hydrogens (tertiary/aromatic N) is 5. The van der Waals surface area contributed by atoms with Crippen LogP contribution in [0.15, 0.2) is 24.3 Å². The van der Waals surface area contributed by atoms with Gasteiger partial charge in [0.1, 0.15) is 5.75 Å². The van der Waals surface area contributed by atoms with E-state index >= 15 is 0 Å². The van der Waals surface area contributed by atoms with Crippen molar-refractivity contribution in [3.8, 4) is 11.4 Å². The van der Waals surface area contributed by atoms with Crippen LogP contribution in [0.5, 0.6) is 5.75 Å². The highest BCUT2D eigenvalue weighted by atomic mass is 32.1. The van der Waals surface area contributed by atoms with Gasteiger partial charge in [0.25, 0.3) is 0 Å². The summed E-state index contributed by atoms with van der Waals surface area (Å²) in [6, 6.07) is 7.88. The molecule has 5 rings (SSSR count). The van der Waals surface area contributed by atoms with Gasteiger partial charge in [0, 0.05) is 32.6 Å². The van der Waals surface area contributed by atoms with Crippen molar-refractivity contribution in [1.29, 1.82) is 0 Å². The molecule has 1 saturated carbocycles. The third-order valence-electron chi connectivity index (χ3n) is 6.84. The fourth-order valence-electron chi connectivity index (χ4n) is 4.89. The summed E-state index contributed by atoms with van der Waals surface area (Å²) in [7, 11) is 1.67. The number of carbonyl (C=O) groups excluding carboxylic acids is 1. The maximum atomic E-state index is 12.7. The van der Waals surface area contributed by atoms with Crippen molar-refractivity contribution in [2.24, 2.45) is 5.92 Å². The van der Waals surface area contributed by atoms with Gasteiger partial charge in [-0.1, -0.05) is 37.0 Å². The first-order chi connectivity index (χ1) is 15.6. The average Bonchev–Trinajstić information content (AvgIpc) is 3.56. The zero-order valence-corrected chi connectivity index (χ0v) is 19.7. The van der Waals surface area contributed by atoms with Crippen molar-refractivity contribution in [1.82, 2.24) is 19.7 Å². The molecule has 3 aromatic rings. The first-order valence-corrected chi connectivity index (χ1v) is 12.5. The maximum Gasteiger partial charge on any atom is 0.222 e. The molecule has 0 unspecified atom stereocenters. The molecule has 0 radical (unpaired) electrons. The lowest BCUT2D eigenvalue weighted by Crippen LogP contribution is -2.48. The van der Waals surface area contributed by atoms with Crippen LogP contribution in [0.4, 0.5) is 5.13 Å². The van der Waals surface area contributed by atoms with Gasteiger partial charge in [-0.25, -0.2) is 4.68 Å². The molecule has 32 heavy (non-hydrogen) atoms. The fraction of sp³-hybridized carbons (Fsp3) is 0.542. The number of aryl methyl sites for hydroxylation is 1. The van der Waals surface area contributed by atoms with E-state index in [0.717, 1.165) is 71.1 Å². The molecule has 1 saturated heterocycles. The summed E-state index contributed by atoms with van der Waals surface area (Å²) in [5.41, 5.74) is 2.85. The molecule has 2 fully saturated rings. The zero-order chi connectivity index (χ0) is 22.1. The monoisotopic (exact) mass is 453 g/mol. The number of thiazole rings is 1. The van der Waals surface area contributed by atoms with Crippen LogP contribution < -0.4 is 9.64 Å². The van der Waals surface area contributed by atoms with Gasteiger partial charge in [-0.2, -0.15) is 10.1 Å². The van der Waals surface area contributed by atoms with Crippen molar-refractivity contribution >= 4 is 32.7 Å². The highest BCUT2D eigenvalue weighted by Crippen LogP contribution is 2.33. The quantitative estimate of drug-likeness (QED) is 0.553. The van der Waals surface area contributed by atoms with E-state index in [1.54, 1.807) is 18.4 Å². The van der Waals surface area contributed by atoms with Crippen molar-refractivity contribution in [3.63, 3.8) is 0 Å². The van der Waals surface area contributed by atoms with Crippen molar-refractivity contribution in [3.05, 3.63) is 30.0 Å². The van der Waals surface area contributed by atoms with Crippen LogP contribution in [-0.4, -0.2) is 58.9 Å². The van der Waals surface area contributed by atoms with E-state index in [1.165, 1.54) is 25.7 Å². The molecular formula is C24H31N5O2S. The first kappa shape index (κ1) is 21.2. The van der Waals surface area contributed by atoms with Crippen molar-refractivity contribution in [2.75, 3.05) is 38.2 Å². The highest BCUT2D eigenvalue weighted by Gasteiger charge is 2.25. The van der Waals surface area contributed by atoms with Gasteiger partial charge >= 0.3 is 0 Å². The van der Waals surface area contributed by atoms with Crippen LogP contribution in [0.2, 0.25) is 0 Å². The Balaban J connectivity index is 1.25. The maximum absolute atomic E-state index is 12.7. The van der Waals surface area contributed by atoms with Crippen molar-refractivity contribution in [2.45, 2.75) is 45.4 Å². The molecule has 0 N–H and O–H groups in total. The molecular weight excluding hydrogens is 422 g/mol. The summed E-state index contributed by atoms with van der Waals surface area (Å²) in [5, 5.41) is 5.72. The third-order valence-corrected chi connectivity index (χ3v) is 8.05. The van der Waals surface area contributed by atoms with Crippen LogP contribution >= 0.6 is 11.3 Å². The fourth-order valence-corrected chi connectivity index (χ4v) is 5.93. The molecule has 0 atom stereocenters. The molecule has 1 aliphatic carbocycles. The van der Waals surface area contributed by atoms with Crippen LogP contribution in [0.25, 0.3) is 16.0 Å². The van der Waals surface area contributed by atoms with Crippen LogP contribution in [0.3, 0.4) is 0 Å². The number of piperazine rings is 1. The Kier molecular flexibility index (Phi) is 6.04. The Morgan fingerprint density at radius 3 is 2.53 bits per heavy atom. The van der Waals surface area contributed by atoms with Gasteiger partial charge < -0.3 is 14.5 Å². The molecule has 3 heterocycles. The molecule has 0 spiro atoms. The minimum absolute atomic E-state index is 0.326. The number of hydrogen-bond donors (Lipinski definition) is 0. The van der Waals surface area contributed by atoms with E-state index in [9.17, 15) is 4.79 Å². The molecule has 2 aromatic heterocycles. The molecule has 0 bridgehead atoms. The number of anilines is 1. The van der Waals surface area contributed by atoms with Crippen LogP contribution in [0.1, 0.15) is 44.2 Å². The Labute approximate surface area is 193 Å². The number of ether oxygens (including phenoxy) is 1. The molecule has 2 aliphatic rings. The predicted octanol–water partition coefficient (Wildman–Crippen LogP) is 4.42. The second-order valence-electron chi connectivity index (χ2n) is 8.90. The molecule has 1 amide bonds. The number of benzene rings is 1. The van der Waals surface area contributed by atoms with E-state index in [1.807, 2.05) is 40.8 Å². The Morgan fingerprint density at radius 1 is 1.12 bits per heavy atom. The SMILES string of the molecule is COc1ccc(-n2nc(C)c3sc(N4CCN(C(=O)CCC5CCCC5)CC4)nc32)cc1. The number of carbonyl (C=O) groups is 1. The van der Waals surface area contributed by atoms with E-state index < -0.39 is 0 Å². The number of aromatic nitrogens is 3. The zero-order valence-electron chi connectivity index (χ0n) is 18.9. The molecule has 1 aliphatic heterocycles. The van der Waals surface area contributed by atoms with Crippen LogP contribution in [0, 0.1) is 12.8 Å². The van der Waals surface area contributed by atoms with E-state index in [-0.39, 0.29) is 0 Å². The lowest BCUT2D eigenvalue weighted by molar-refractivity contribution is -0.131.